The van der Waals surface area contributed by atoms with E-state index < -0.39 is 352 Å². The van der Waals surface area contributed by atoms with Crippen molar-refractivity contribution < 1.29 is 228 Å². The van der Waals surface area contributed by atoms with E-state index in [1.54, 1.807) is 0 Å². The fourth-order valence-electron chi connectivity index (χ4n) is 14.1. The Balaban J connectivity index is 1.26. The van der Waals surface area contributed by atoms with Crippen molar-refractivity contribution in [3.05, 3.63) is 0 Å². The second-order valence-corrected chi connectivity index (χ2v) is 28.6. The molecule has 49 nitrogen and oxygen atoms in total. The first kappa shape index (κ1) is 93.7. The summed E-state index contributed by atoms with van der Waals surface area (Å²) in [6, 6.07) is -5.85. The van der Waals surface area contributed by atoms with E-state index in [1.165, 1.54) is 13.8 Å². The van der Waals surface area contributed by atoms with Crippen LogP contribution >= 0.6 is 0 Å². The van der Waals surface area contributed by atoms with E-state index in [2.05, 4.69) is 16.0 Å². The Morgan fingerprint density at radius 1 is 0.429 bits per heavy atom. The third-order valence-electron chi connectivity index (χ3n) is 20.5. The number of aliphatic hydroxyl groups is 25. The predicted molar refractivity (Wildman–Crippen MR) is 347 cm³/mol. The predicted octanol–water partition coefficient (Wildman–Crippen LogP) is -18.3. The van der Waals surface area contributed by atoms with Crippen LogP contribution in [0.4, 0.5) is 0 Å². The van der Waals surface area contributed by atoms with E-state index in [0.29, 0.717) is 0 Å². The van der Waals surface area contributed by atoms with Gasteiger partial charge in [-0.1, -0.05) is 0 Å². The summed E-state index contributed by atoms with van der Waals surface area (Å²) >= 11 is 0. The number of nitrogens with one attached hydrogen (secondary N) is 3. The van der Waals surface area contributed by atoms with Gasteiger partial charge in [0.2, 0.25) is 17.7 Å². The molecule has 45 atom stereocenters. The topological polar surface area (TPSA) is 778 Å². The number of carboxylic acids is 1. The van der Waals surface area contributed by atoms with E-state index in [1.807, 2.05) is 0 Å². The standard InChI is InChI=1S/C63H107N3O46/c1-15-31(78)39(86)44(91)56(99-15)108-51-30(66-20(6)74)55(104-27(12-71)49(51)107-59-47(94)42(89)36(83)25(10-69)102-59)97-14-28-38(85)52(109-60-53(43(90)37(84)26(11-70)103-60)110-57-45(92)40(87)32(79)16(2)100-57)54(111-58-46(93)41(88)33(80)17(3)101-58)61(105-28)106-48(21(8-67)64-18(4)72)35(82)24(77)13-98-63(62(95)96)7-22(75)29(65-19(5)73)50(112-63)34(81)23(76)9-68/h15-17,21-61,67-71,75-94H,7-14H2,1-6H3,(H,64,72)(H,65,73)(H,66,74)(H,95,96)/t15-,16-,17-,21-,22-,23+,24+,25+,26+,27+,28+,29+,30+,31+,32+,33+,34+,35-,36-,37-,38-,39+,40+,41+,42-,43-,44-,45-,46-,47+,48+,49+,50+,51+,52-,53+,54+,55+,56-,57-,58-,59-,60-,61-,63+/m0/s1. The van der Waals surface area contributed by atoms with Gasteiger partial charge in [-0.15, -0.1) is 0 Å². The number of carboxylic acid groups (broad SMARTS) is 1. The van der Waals surface area contributed by atoms with Gasteiger partial charge in [-0.05, 0) is 20.8 Å². The van der Waals surface area contributed by atoms with Crippen LogP contribution in [0.25, 0.3) is 0 Å². The molecule has 112 heavy (non-hydrogen) atoms. The lowest BCUT2D eigenvalue weighted by atomic mass is 9.88. The quantitative estimate of drug-likeness (QED) is 0.0297. The second-order valence-electron chi connectivity index (χ2n) is 28.6. The van der Waals surface area contributed by atoms with Crippen molar-refractivity contribution in [2.75, 3.05) is 46.2 Å². The summed E-state index contributed by atoms with van der Waals surface area (Å²) in [5.74, 6) is -8.36. The van der Waals surface area contributed by atoms with Crippen LogP contribution in [0.3, 0.4) is 0 Å². The van der Waals surface area contributed by atoms with Crippen LogP contribution in [0.2, 0.25) is 0 Å². The average molecular weight is 1640 g/mol. The van der Waals surface area contributed by atoms with Gasteiger partial charge < -0.3 is 225 Å². The first-order chi connectivity index (χ1) is 52.6. The smallest absolute Gasteiger partial charge is 0.364 e. The van der Waals surface area contributed by atoms with Crippen LogP contribution in [0.15, 0.2) is 0 Å². The van der Waals surface area contributed by atoms with E-state index in [9.17, 15) is 152 Å². The van der Waals surface area contributed by atoms with Gasteiger partial charge in [-0.25, -0.2) is 4.79 Å². The maximum Gasteiger partial charge on any atom is 0.364 e. The van der Waals surface area contributed by atoms with Crippen molar-refractivity contribution in [1.29, 1.82) is 0 Å². The van der Waals surface area contributed by atoms with Gasteiger partial charge in [-0.3, -0.25) is 14.4 Å². The monoisotopic (exact) mass is 1640 g/mol. The molecule has 8 aliphatic rings. The highest BCUT2D eigenvalue weighted by Gasteiger charge is 2.62. The molecule has 0 spiro atoms. The molecule has 650 valence electrons. The summed E-state index contributed by atoms with van der Waals surface area (Å²) in [4.78, 5) is 52.2. The van der Waals surface area contributed by atoms with Crippen LogP contribution in [0.5, 0.6) is 0 Å². The number of ether oxygens (including phenoxy) is 16. The van der Waals surface area contributed by atoms with Crippen LogP contribution < -0.4 is 16.0 Å². The van der Waals surface area contributed by atoms with E-state index in [0.717, 1.165) is 27.7 Å². The third-order valence-corrected chi connectivity index (χ3v) is 20.5. The Morgan fingerprint density at radius 3 is 1.33 bits per heavy atom. The van der Waals surface area contributed by atoms with Gasteiger partial charge in [-0.2, -0.15) is 0 Å². The minimum atomic E-state index is -3.25. The molecule has 3 amide bonds. The van der Waals surface area contributed by atoms with Gasteiger partial charge in [0.1, 0.15) is 189 Å². The molecule has 0 aromatic rings. The number of rotatable bonds is 32. The van der Waals surface area contributed by atoms with Gasteiger partial charge in [0.25, 0.3) is 5.79 Å². The molecule has 8 aliphatic heterocycles. The lowest BCUT2D eigenvalue weighted by Gasteiger charge is -2.51. The van der Waals surface area contributed by atoms with Gasteiger partial charge in [0, 0.05) is 27.2 Å². The maximum atomic E-state index is 13.5. The summed E-state index contributed by atoms with van der Waals surface area (Å²) in [6.45, 7) is -2.51. The van der Waals surface area contributed by atoms with Crippen LogP contribution in [0.1, 0.15) is 48.0 Å². The van der Waals surface area contributed by atoms with E-state index in [-0.39, 0.29) is 0 Å². The molecule has 8 saturated heterocycles. The molecule has 8 heterocycles. The molecule has 0 unspecified atom stereocenters. The number of aliphatic hydroxyl groups excluding tert-OH is 25. The maximum absolute atomic E-state index is 13.5. The highest BCUT2D eigenvalue weighted by atomic mass is 16.8. The van der Waals surface area contributed by atoms with Crippen molar-refractivity contribution in [2.45, 2.75) is 323 Å². The fraction of sp³-hybridized carbons (Fsp3) is 0.937. The summed E-state index contributed by atoms with van der Waals surface area (Å²) in [5, 5.41) is 296. The Labute approximate surface area is 635 Å². The third kappa shape index (κ3) is 20.9. The Morgan fingerprint density at radius 2 is 0.857 bits per heavy atom. The molecule has 0 aromatic carbocycles. The Hall–Kier alpha value is -3.76. The summed E-state index contributed by atoms with van der Waals surface area (Å²) in [6.07, 6.45) is -89.7. The molecule has 0 saturated carbocycles. The minimum Gasteiger partial charge on any atom is -0.477 e. The average Bonchev–Trinajstić information content (AvgIpc) is 0.769. The zero-order chi connectivity index (χ0) is 83.3. The van der Waals surface area contributed by atoms with Crippen molar-refractivity contribution in [2.24, 2.45) is 0 Å². The minimum absolute atomic E-state index is 0.857. The summed E-state index contributed by atoms with van der Waals surface area (Å²) in [5.41, 5.74) is 0. The largest absolute Gasteiger partial charge is 0.477 e. The number of aliphatic carboxylic acids is 1. The van der Waals surface area contributed by atoms with Crippen molar-refractivity contribution in [3.8, 4) is 0 Å². The number of amides is 3. The summed E-state index contributed by atoms with van der Waals surface area (Å²) in [7, 11) is 0. The van der Waals surface area contributed by atoms with Gasteiger partial charge in [0.05, 0.1) is 82.7 Å². The van der Waals surface area contributed by atoms with E-state index in [4.69, 9.17) is 75.8 Å². The van der Waals surface area contributed by atoms with Crippen molar-refractivity contribution in [1.82, 2.24) is 16.0 Å². The molecular formula is C63H107N3O46. The second kappa shape index (κ2) is 40.3. The van der Waals surface area contributed by atoms with Crippen LogP contribution in [-0.4, -0.2) is 478 Å². The number of hydrogen-bond acceptors (Lipinski definition) is 45. The van der Waals surface area contributed by atoms with Crippen LogP contribution in [0, 0.1) is 0 Å². The number of hydrogen-bond donors (Lipinski definition) is 29. The number of carbonyl (C=O) groups excluding carboxylic acids is 3. The molecule has 8 fully saturated rings. The zero-order valence-corrected chi connectivity index (χ0v) is 60.9. The zero-order valence-electron chi connectivity index (χ0n) is 60.9. The van der Waals surface area contributed by atoms with Gasteiger partial charge in [0.15, 0.2) is 44.0 Å². The Kier molecular flexibility index (Phi) is 33.8. The van der Waals surface area contributed by atoms with Gasteiger partial charge >= 0.3 is 5.97 Å². The molecule has 29 N–H and O–H groups in total. The molecule has 0 aliphatic carbocycles. The van der Waals surface area contributed by atoms with E-state index >= 15 is 0 Å². The molecule has 0 radical (unpaired) electrons. The van der Waals surface area contributed by atoms with Crippen LogP contribution in [-0.2, 0) is 95.0 Å². The molecular weight excluding hydrogens is 1530 g/mol. The molecule has 49 heteroatoms. The molecule has 8 rings (SSSR count). The lowest BCUT2D eigenvalue weighted by molar-refractivity contribution is -0.409. The molecule has 0 aromatic heterocycles. The normalized spacial score (nSPS) is 46.6. The fourth-order valence-corrected chi connectivity index (χ4v) is 14.1. The first-order valence-electron chi connectivity index (χ1n) is 35.8. The first-order valence-corrected chi connectivity index (χ1v) is 35.8. The van der Waals surface area contributed by atoms with Crippen molar-refractivity contribution in [3.63, 3.8) is 0 Å². The lowest BCUT2D eigenvalue weighted by Crippen LogP contribution is -2.70. The Bertz CT molecular complexity index is 2970. The molecule has 0 bridgehead atoms. The highest BCUT2D eigenvalue weighted by Crippen LogP contribution is 2.41. The number of carbonyl (C=O) groups is 4. The SMILES string of the molecule is CC(=O)N[C@H]1[C@H](OC[C@H]2O[C@@H](O[C@@H]([C@@H](O)[C@H](O)CO[C@]3(C(=O)O)C[C@H](O)[C@@H](NC(C)=O)[C@H]([C@H](O)[C@H](O)CO)O3)[C@H](CO)NC(C)=O)[C@H](O[C@@H]3O[C@@H](C)[C@@H](O)[C@@H](O)[C@@H]3O)[C@@H](O[C@@H]3O[C@H](CO)[C@H](O)[C@H](O)[C@H]3O[C@@H]3O[C@@H](C)[C@@H](O)[C@@H](O)[C@@H]3O)[C@H]2O)O[C@H](CO)[C@@H](O[C@@H]2O[C@H](CO)[C@H](O)[C@H](O)[C@H]2O)[C@@H]1O[C@@H]1O[C@@H](C)[C@@H](O)[C@@H](O)[C@@H]1O. The van der Waals surface area contributed by atoms with Crippen molar-refractivity contribution >= 4 is 23.7 Å². The highest BCUT2D eigenvalue weighted by molar-refractivity contribution is 5.77. The summed E-state index contributed by atoms with van der Waals surface area (Å²) < 4.78 is 96.3.